The molecule has 3 aromatic carbocycles. The van der Waals surface area contributed by atoms with Crippen molar-refractivity contribution in [3.05, 3.63) is 93.2 Å². The summed E-state index contributed by atoms with van der Waals surface area (Å²) in [7, 11) is 1.33. The van der Waals surface area contributed by atoms with Gasteiger partial charge in [0.25, 0.3) is 11.7 Å². The number of benzene rings is 3. The van der Waals surface area contributed by atoms with Gasteiger partial charge in [0.1, 0.15) is 23.1 Å². The molecule has 1 amide bonds. The molecule has 1 fully saturated rings. The van der Waals surface area contributed by atoms with Gasteiger partial charge in [0.05, 0.1) is 29.3 Å². The highest BCUT2D eigenvalue weighted by Crippen LogP contribution is 2.44. The van der Waals surface area contributed by atoms with Crippen molar-refractivity contribution >= 4 is 46.3 Å². The summed E-state index contributed by atoms with van der Waals surface area (Å²) in [5.41, 5.74) is 0.284. The molecule has 1 heterocycles. The van der Waals surface area contributed by atoms with Crippen molar-refractivity contribution in [1.82, 2.24) is 0 Å². The molecule has 3 aromatic rings. The highest BCUT2D eigenvalue weighted by Gasteiger charge is 2.47. The van der Waals surface area contributed by atoms with Gasteiger partial charge in [-0.05, 0) is 60.2 Å². The molecule has 1 atom stereocenters. The largest absolute Gasteiger partial charge is 0.507 e. The molecule has 0 aliphatic carbocycles. The summed E-state index contributed by atoms with van der Waals surface area (Å²) in [6, 6.07) is 12.7. The van der Waals surface area contributed by atoms with Crippen LogP contribution in [-0.2, 0) is 9.59 Å². The predicted molar refractivity (Wildman–Crippen MR) is 122 cm³/mol. The first-order chi connectivity index (χ1) is 15.7. The van der Waals surface area contributed by atoms with Gasteiger partial charge in [0.15, 0.2) is 0 Å². The molecule has 33 heavy (non-hydrogen) atoms. The fraction of sp³-hybridized carbons (Fsp3) is 0.0833. The Labute approximate surface area is 198 Å². The second kappa shape index (κ2) is 8.77. The molecule has 0 radical (unpaired) electrons. The minimum atomic E-state index is -1.13. The quantitative estimate of drug-likeness (QED) is 0.289. The van der Waals surface area contributed by atoms with Gasteiger partial charge >= 0.3 is 0 Å². The Hall–Kier alpha value is -3.55. The number of aliphatic hydroxyl groups is 1. The van der Waals surface area contributed by atoms with Crippen molar-refractivity contribution in [2.75, 3.05) is 12.0 Å². The van der Waals surface area contributed by atoms with Crippen molar-refractivity contribution in [3.63, 3.8) is 0 Å². The van der Waals surface area contributed by atoms with E-state index in [1.165, 1.54) is 36.3 Å². The number of hydrogen-bond acceptors (Lipinski definition) is 5. The SMILES string of the molecule is COc1ccc(F)cc1/C(O)=C1\C(=O)C(=O)N(c2ccc(Cl)cc2)C1c1ccc(O)c(Cl)c1. The van der Waals surface area contributed by atoms with Gasteiger partial charge < -0.3 is 14.9 Å². The molecule has 1 aliphatic heterocycles. The van der Waals surface area contributed by atoms with E-state index in [9.17, 15) is 24.2 Å². The number of anilines is 1. The number of phenolic OH excluding ortho intramolecular Hbond substituents is 1. The second-order valence-electron chi connectivity index (χ2n) is 7.20. The number of halogens is 3. The molecule has 1 aliphatic rings. The molecule has 1 unspecified atom stereocenters. The van der Waals surface area contributed by atoms with E-state index < -0.39 is 29.3 Å². The maximum absolute atomic E-state index is 14.0. The van der Waals surface area contributed by atoms with E-state index in [1.54, 1.807) is 24.3 Å². The van der Waals surface area contributed by atoms with Crippen LogP contribution >= 0.6 is 23.2 Å². The number of ether oxygens (including phenoxy) is 1. The van der Waals surface area contributed by atoms with Gasteiger partial charge in [-0.1, -0.05) is 29.3 Å². The zero-order valence-electron chi connectivity index (χ0n) is 17.1. The number of ketones is 1. The van der Waals surface area contributed by atoms with E-state index in [0.717, 1.165) is 12.1 Å². The first-order valence-electron chi connectivity index (χ1n) is 9.61. The van der Waals surface area contributed by atoms with Crippen LogP contribution in [0.2, 0.25) is 10.0 Å². The van der Waals surface area contributed by atoms with Gasteiger partial charge in [-0.25, -0.2) is 4.39 Å². The number of aromatic hydroxyl groups is 1. The van der Waals surface area contributed by atoms with Crippen molar-refractivity contribution in [2.45, 2.75) is 6.04 Å². The van der Waals surface area contributed by atoms with Gasteiger partial charge in [0.2, 0.25) is 0 Å². The number of amides is 1. The average molecular weight is 488 g/mol. The molecule has 0 spiro atoms. The van der Waals surface area contributed by atoms with Crippen molar-refractivity contribution in [2.24, 2.45) is 0 Å². The lowest BCUT2D eigenvalue weighted by Gasteiger charge is -2.26. The number of hydrogen-bond donors (Lipinski definition) is 2. The van der Waals surface area contributed by atoms with Crippen molar-refractivity contribution < 1.29 is 28.9 Å². The summed E-state index contributed by atoms with van der Waals surface area (Å²) in [5, 5.41) is 21.4. The van der Waals surface area contributed by atoms with Gasteiger partial charge in [-0.3, -0.25) is 14.5 Å². The first kappa shape index (κ1) is 22.6. The number of Topliss-reactive ketones (excluding diaryl/α,β-unsaturated/α-hetero) is 1. The number of nitrogens with zero attached hydrogens (tertiary/aromatic N) is 1. The third-order valence-corrected chi connectivity index (χ3v) is 5.81. The Morgan fingerprint density at radius 2 is 1.73 bits per heavy atom. The Morgan fingerprint density at radius 1 is 1.03 bits per heavy atom. The molecule has 0 bridgehead atoms. The highest BCUT2D eigenvalue weighted by molar-refractivity contribution is 6.51. The van der Waals surface area contributed by atoms with Crippen LogP contribution in [0.25, 0.3) is 5.76 Å². The smallest absolute Gasteiger partial charge is 0.300 e. The van der Waals surface area contributed by atoms with Crippen LogP contribution in [0, 0.1) is 5.82 Å². The van der Waals surface area contributed by atoms with E-state index in [1.807, 2.05) is 0 Å². The Morgan fingerprint density at radius 3 is 2.36 bits per heavy atom. The molecule has 0 aromatic heterocycles. The van der Waals surface area contributed by atoms with Crippen LogP contribution in [0.1, 0.15) is 17.2 Å². The number of methoxy groups -OCH3 is 1. The fourth-order valence-corrected chi connectivity index (χ4v) is 4.03. The zero-order chi connectivity index (χ0) is 23.9. The highest BCUT2D eigenvalue weighted by atomic mass is 35.5. The standard InChI is InChI=1S/C24H16Cl2FNO5/c1-33-19-9-5-14(27)11-16(19)22(30)20-21(12-2-8-18(29)17(26)10-12)28(24(32)23(20)31)15-6-3-13(25)4-7-15/h2-11,21,29-30H,1H3/b22-20+. The normalized spacial score (nSPS) is 17.5. The molecule has 1 saturated heterocycles. The molecule has 0 saturated carbocycles. The summed E-state index contributed by atoms with van der Waals surface area (Å²) < 4.78 is 19.2. The van der Waals surface area contributed by atoms with E-state index in [4.69, 9.17) is 27.9 Å². The van der Waals surface area contributed by atoms with Crippen LogP contribution in [-0.4, -0.2) is 29.0 Å². The van der Waals surface area contributed by atoms with Crippen LogP contribution in [0.5, 0.6) is 11.5 Å². The summed E-state index contributed by atoms with van der Waals surface area (Å²) in [6.07, 6.45) is 0. The van der Waals surface area contributed by atoms with Gasteiger partial charge in [-0.15, -0.1) is 0 Å². The molecule has 9 heteroatoms. The number of carbonyl (C=O) groups excluding carboxylic acids is 2. The summed E-state index contributed by atoms with van der Waals surface area (Å²) >= 11 is 12.1. The number of aliphatic hydroxyl groups excluding tert-OH is 1. The Kier molecular flexibility index (Phi) is 6.01. The maximum atomic E-state index is 14.0. The summed E-state index contributed by atoms with van der Waals surface area (Å²) in [6.45, 7) is 0. The lowest BCUT2D eigenvalue weighted by atomic mass is 9.94. The number of rotatable bonds is 4. The number of phenols is 1. The lowest BCUT2D eigenvalue weighted by Crippen LogP contribution is -2.29. The second-order valence-corrected chi connectivity index (χ2v) is 8.04. The maximum Gasteiger partial charge on any atom is 0.300 e. The molecular weight excluding hydrogens is 472 g/mol. The third kappa shape index (κ3) is 4.01. The summed E-state index contributed by atoms with van der Waals surface area (Å²) in [4.78, 5) is 27.4. The molecule has 4 rings (SSSR count). The molecular formula is C24H16Cl2FNO5. The van der Waals surface area contributed by atoms with Crippen molar-refractivity contribution in [1.29, 1.82) is 0 Å². The van der Waals surface area contributed by atoms with Gasteiger partial charge in [-0.2, -0.15) is 0 Å². The van der Waals surface area contributed by atoms with E-state index in [0.29, 0.717) is 16.3 Å². The molecule has 2 N–H and O–H groups in total. The minimum Gasteiger partial charge on any atom is -0.507 e. The fourth-order valence-electron chi connectivity index (χ4n) is 3.72. The van der Waals surface area contributed by atoms with E-state index >= 15 is 0 Å². The van der Waals surface area contributed by atoms with Crippen LogP contribution in [0.3, 0.4) is 0 Å². The molecule has 6 nitrogen and oxygen atoms in total. The number of carbonyl (C=O) groups is 2. The Bertz CT molecular complexity index is 1310. The zero-order valence-corrected chi connectivity index (χ0v) is 18.6. The van der Waals surface area contributed by atoms with E-state index in [2.05, 4.69) is 0 Å². The minimum absolute atomic E-state index is 0.0162. The van der Waals surface area contributed by atoms with Crippen LogP contribution in [0.4, 0.5) is 10.1 Å². The topological polar surface area (TPSA) is 87.1 Å². The van der Waals surface area contributed by atoms with Crippen LogP contribution in [0.15, 0.2) is 66.2 Å². The third-order valence-electron chi connectivity index (χ3n) is 5.25. The van der Waals surface area contributed by atoms with Gasteiger partial charge in [0, 0.05) is 10.7 Å². The predicted octanol–water partition coefficient (Wildman–Crippen LogP) is 5.47. The molecule has 168 valence electrons. The Balaban J connectivity index is 2.00. The first-order valence-corrected chi connectivity index (χ1v) is 10.4. The monoisotopic (exact) mass is 487 g/mol. The summed E-state index contributed by atoms with van der Waals surface area (Å²) in [5.74, 6) is -3.28. The van der Waals surface area contributed by atoms with E-state index in [-0.39, 0.29) is 27.7 Å². The van der Waals surface area contributed by atoms with Crippen molar-refractivity contribution in [3.8, 4) is 11.5 Å². The van der Waals surface area contributed by atoms with Crippen LogP contribution < -0.4 is 9.64 Å². The lowest BCUT2D eigenvalue weighted by molar-refractivity contribution is -0.132. The average Bonchev–Trinajstić information content (AvgIpc) is 3.06.